The number of nitrogens with zero attached hydrogens (tertiary/aromatic N) is 1. The normalized spacial score (nSPS) is 12.0. The number of rotatable bonds is 5. The molecule has 21 heavy (non-hydrogen) atoms. The third-order valence-corrected chi connectivity index (χ3v) is 5.57. The van der Waals surface area contributed by atoms with Crippen LogP contribution in [0, 0.1) is 0 Å². The van der Waals surface area contributed by atoms with Gasteiger partial charge in [-0.25, -0.2) is 8.42 Å². The summed E-state index contributed by atoms with van der Waals surface area (Å²) in [6.07, 6.45) is 1.20. The van der Waals surface area contributed by atoms with Crippen molar-refractivity contribution >= 4 is 27.1 Å². The summed E-state index contributed by atoms with van der Waals surface area (Å²) in [7, 11) is 0.127. The number of hydrogen-bond acceptors (Lipinski definition) is 5. The molecule has 7 heteroatoms. The van der Waals surface area contributed by atoms with Crippen molar-refractivity contribution in [3.05, 3.63) is 23.8 Å². The molecule has 1 amide bonds. The first-order chi connectivity index (χ1) is 9.45. The number of amides is 1. The number of sulfone groups is 1. The highest BCUT2D eigenvalue weighted by molar-refractivity contribution is 7.92. The van der Waals surface area contributed by atoms with E-state index in [0.717, 1.165) is 0 Å². The van der Waals surface area contributed by atoms with Gasteiger partial charge in [0, 0.05) is 32.5 Å². The molecule has 6 nitrogen and oxygen atoms in total. The Kier molecular flexibility index (Phi) is 4.88. The number of carbonyl (C=O) groups is 1. The first kappa shape index (κ1) is 17.3. The summed E-state index contributed by atoms with van der Waals surface area (Å²) in [5, 5.41) is 3.02. The zero-order valence-corrected chi connectivity index (χ0v) is 13.9. The van der Waals surface area contributed by atoms with Crippen LogP contribution in [0.4, 0.5) is 11.4 Å². The highest BCUT2D eigenvalue weighted by Gasteiger charge is 2.30. The Hall–Kier alpha value is -1.76. The van der Waals surface area contributed by atoms with E-state index in [4.69, 9.17) is 5.73 Å². The Morgan fingerprint density at radius 2 is 1.90 bits per heavy atom. The molecule has 0 unspecified atom stereocenters. The molecule has 1 aromatic rings. The number of benzene rings is 1. The minimum Gasteiger partial charge on any atom is -0.397 e. The number of nitrogen functional groups attached to an aromatic ring is 1. The summed E-state index contributed by atoms with van der Waals surface area (Å²) < 4.78 is 22.5. The zero-order chi connectivity index (χ0) is 16.4. The fraction of sp³-hybridized carbons (Fsp3) is 0.500. The fourth-order valence-corrected chi connectivity index (χ4v) is 1.87. The minimum absolute atomic E-state index is 0.138. The van der Waals surface area contributed by atoms with Crippen molar-refractivity contribution in [3.8, 4) is 0 Å². The lowest BCUT2D eigenvalue weighted by atomic mass is 10.1. The Morgan fingerprint density at radius 1 is 1.33 bits per heavy atom. The molecule has 0 heterocycles. The molecule has 1 aromatic carbocycles. The van der Waals surface area contributed by atoms with Gasteiger partial charge in [0.2, 0.25) is 0 Å². The van der Waals surface area contributed by atoms with Gasteiger partial charge >= 0.3 is 0 Å². The molecule has 0 aromatic heterocycles. The van der Waals surface area contributed by atoms with Crippen molar-refractivity contribution in [2.75, 3.05) is 37.9 Å². The van der Waals surface area contributed by atoms with Crippen molar-refractivity contribution in [2.45, 2.75) is 18.6 Å². The minimum atomic E-state index is -3.20. The third-order valence-electron chi connectivity index (χ3n) is 3.41. The van der Waals surface area contributed by atoms with Gasteiger partial charge in [0.15, 0.2) is 9.84 Å². The second kappa shape index (κ2) is 5.93. The molecule has 1 rings (SSSR count). The number of anilines is 2. The first-order valence-corrected chi connectivity index (χ1v) is 8.39. The summed E-state index contributed by atoms with van der Waals surface area (Å²) in [5.74, 6) is -0.138. The topological polar surface area (TPSA) is 92.5 Å². The van der Waals surface area contributed by atoms with Crippen molar-refractivity contribution in [1.82, 2.24) is 4.90 Å². The standard InChI is InChI=1S/C14H23N3O3S/c1-14(2,21(5,19)20)9-16-12-8-10(6-7-11(12)15)13(18)17(3)4/h6-8,16H,9,15H2,1-5H3. The predicted octanol–water partition coefficient (Wildman–Crippen LogP) is 1.21. The van der Waals surface area contributed by atoms with E-state index in [9.17, 15) is 13.2 Å². The van der Waals surface area contributed by atoms with Gasteiger partial charge in [-0.3, -0.25) is 4.79 Å². The molecule has 0 bridgehead atoms. The molecule has 0 aliphatic rings. The maximum absolute atomic E-state index is 11.9. The lowest BCUT2D eigenvalue weighted by Gasteiger charge is -2.24. The quantitative estimate of drug-likeness (QED) is 0.797. The van der Waals surface area contributed by atoms with Crippen LogP contribution in [0.1, 0.15) is 24.2 Å². The van der Waals surface area contributed by atoms with Gasteiger partial charge < -0.3 is 16.0 Å². The van der Waals surface area contributed by atoms with Crippen LogP contribution in [0.3, 0.4) is 0 Å². The third kappa shape index (κ3) is 4.10. The van der Waals surface area contributed by atoms with Crippen LogP contribution in [0.15, 0.2) is 18.2 Å². The molecule has 0 fully saturated rings. The lowest BCUT2D eigenvalue weighted by molar-refractivity contribution is 0.0827. The van der Waals surface area contributed by atoms with Crippen molar-refractivity contribution < 1.29 is 13.2 Å². The van der Waals surface area contributed by atoms with Crippen LogP contribution >= 0.6 is 0 Å². The van der Waals surface area contributed by atoms with Crippen LogP contribution in [0.5, 0.6) is 0 Å². The molecule has 3 N–H and O–H groups in total. The van der Waals surface area contributed by atoms with Crippen LogP contribution in [0.25, 0.3) is 0 Å². The van der Waals surface area contributed by atoms with Gasteiger partial charge in [-0.05, 0) is 32.0 Å². The summed E-state index contributed by atoms with van der Waals surface area (Å²) in [5.41, 5.74) is 7.38. The van der Waals surface area contributed by atoms with Gasteiger partial charge in [0.05, 0.1) is 16.1 Å². The molecule has 0 saturated carbocycles. The summed E-state index contributed by atoms with van der Waals surface area (Å²) in [6.45, 7) is 3.48. The molecule has 0 aliphatic heterocycles. The lowest BCUT2D eigenvalue weighted by Crippen LogP contribution is -2.38. The molecule has 0 saturated heterocycles. The highest BCUT2D eigenvalue weighted by atomic mass is 32.2. The Bertz CT molecular complexity index is 637. The highest BCUT2D eigenvalue weighted by Crippen LogP contribution is 2.23. The monoisotopic (exact) mass is 313 g/mol. The SMILES string of the molecule is CN(C)C(=O)c1ccc(N)c(NCC(C)(C)S(C)(=O)=O)c1. The number of nitrogens with one attached hydrogen (secondary N) is 1. The molecular weight excluding hydrogens is 290 g/mol. The second-order valence-corrected chi connectivity index (χ2v) is 8.54. The van der Waals surface area contributed by atoms with Crippen molar-refractivity contribution in [3.63, 3.8) is 0 Å². The van der Waals surface area contributed by atoms with Crippen LogP contribution in [-0.2, 0) is 9.84 Å². The summed E-state index contributed by atoms with van der Waals surface area (Å²) in [4.78, 5) is 13.4. The van der Waals surface area contributed by atoms with Gasteiger partial charge in [0.25, 0.3) is 5.91 Å². The van der Waals surface area contributed by atoms with Gasteiger partial charge in [0.1, 0.15) is 0 Å². The summed E-state index contributed by atoms with van der Waals surface area (Å²) in [6, 6.07) is 4.91. The average Bonchev–Trinajstić information content (AvgIpc) is 2.35. The van der Waals surface area contributed by atoms with E-state index in [0.29, 0.717) is 16.9 Å². The van der Waals surface area contributed by atoms with Crippen molar-refractivity contribution in [1.29, 1.82) is 0 Å². The smallest absolute Gasteiger partial charge is 0.253 e. The fourth-order valence-electron chi connectivity index (χ4n) is 1.54. The Morgan fingerprint density at radius 3 is 2.38 bits per heavy atom. The van der Waals surface area contributed by atoms with Gasteiger partial charge in [-0.2, -0.15) is 0 Å². The maximum atomic E-state index is 11.9. The molecular formula is C14H23N3O3S. The van der Waals surface area contributed by atoms with Crippen LogP contribution in [-0.4, -0.2) is 50.9 Å². The van der Waals surface area contributed by atoms with E-state index >= 15 is 0 Å². The molecule has 0 atom stereocenters. The zero-order valence-electron chi connectivity index (χ0n) is 13.1. The van der Waals surface area contributed by atoms with Crippen molar-refractivity contribution in [2.24, 2.45) is 0 Å². The summed E-state index contributed by atoms with van der Waals surface area (Å²) >= 11 is 0. The van der Waals surface area contributed by atoms with Gasteiger partial charge in [-0.15, -0.1) is 0 Å². The van der Waals surface area contributed by atoms with E-state index in [2.05, 4.69) is 5.32 Å². The largest absolute Gasteiger partial charge is 0.397 e. The number of carbonyl (C=O) groups excluding carboxylic acids is 1. The molecule has 0 aliphatic carbocycles. The van der Waals surface area contributed by atoms with E-state index in [1.165, 1.54) is 11.2 Å². The van der Waals surface area contributed by atoms with E-state index in [-0.39, 0.29) is 12.5 Å². The molecule has 118 valence electrons. The first-order valence-electron chi connectivity index (χ1n) is 6.50. The second-order valence-electron chi connectivity index (χ2n) is 5.89. The maximum Gasteiger partial charge on any atom is 0.253 e. The number of nitrogens with two attached hydrogens (primary N) is 1. The number of hydrogen-bond donors (Lipinski definition) is 2. The Labute approximate surface area is 126 Å². The molecule has 0 radical (unpaired) electrons. The Balaban J connectivity index is 2.99. The van der Waals surface area contributed by atoms with E-state index in [1.54, 1.807) is 46.1 Å². The van der Waals surface area contributed by atoms with Gasteiger partial charge in [-0.1, -0.05) is 0 Å². The van der Waals surface area contributed by atoms with Crippen LogP contribution < -0.4 is 11.1 Å². The van der Waals surface area contributed by atoms with Crippen LogP contribution in [0.2, 0.25) is 0 Å². The molecule has 0 spiro atoms. The average molecular weight is 313 g/mol. The predicted molar refractivity (Wildman–Crippen MR) is 86.3 cm³/mol. The van der Waals surface area contributed by atoms with E-state index in [1.807, 2.05) is 0 Å². The van der Waals surface area contributed by atoms with E-state index < -0.39 is 14.6 Å².